The zero-order chi connectivity index (χ0) is 14.7. The normalized spacial score (nSPS) is 11.0. The van der Waals surface area contributed by atoms with E-state index in [9.17, 15) is 4.79 Å². The molecule has 4 nitrogen and oxygen atoms in total. The standard InChI is InChI=1S/C17H12N2O2/c20-17(21)14-9-3-4-10-16(14)19-18-15-11-5-7-12-6-1-2-8-13(12)15/h1-11H,(H,20,21). The first-order valence-electron chi connectivity index (χ1n) is 6.47. The van der Waals surface area contributed by atoms with Crippen molar-refractivity contribution in [2.24, 2.45) is 10.2 Å². The van der Waals surface area contributed by atoms with E-state index in [0.717, 1.165) is 10.8 Å². The second-order valence-electron chi connectivity index (χ2n) is 4.52. The molecule has 0 aliphatic carbocycles. The third kappa shape index (κ3) is 2.65. The van der Waals surface area contributed by atoms with Crippen LogP contribution in [0, 0.1) is 0 Å². The van der Waals surface area contributed by atoms with E-state index < -0.39 is 5.97 Å². The van der Waals surface area contributed by atoms with Gasteiger partial charge in [-0.05, 0) is 23.6 Å². The maximum atomic E-state index is 11.1. The molecule has 0 heterocycles. The Balaban J connectivity index is 2.05. The summed E-state index contributed by atoms with van der Waals surface area (Å²) >= 11 is 0. The highest BCUT2D eigenvalue weighted by molar-refractivity contribution is 5.94. The van der Waals surface area contributed by atoms with Crippen LogP contribution in [0.5, 0.6) is 0 Å². The van der Waals surface area contributed by atoms with Crippen molar-refractivity contribution in [3.8, 4) is 0 Å². The van der Waals surface area contributed by atoms with Gasteiger partial charge in [0.25, 0.3) is 0 Å². The van der Waals surface area contributed by atoms with Crippen molar-refractivity contribution in [3.05, 3.63) is 72.3 Å². The molecule has 0 aliphatic rings. The molecular formula is C17H12N2O2. The molecular weight excluding hydrogens is 264 g/mol. The Labute approximate surface area is 121 Å². The maximum absolute atomic E-state index is 11.1. The first-order chi connectivity index (χ1) is 10.3. The number of carboxylic acids is 1. The van der Waals surface area contributed by atoms with Crippen LogP contribution in [0.1, 0.15) is 10.4 Å². The molecule has 0 unspecified atom stereocenters. The highest BCUT2D eigenvalue weighted by Gasteiger charge is 2.08. The number of hydrogen-bond acceptors (Lipinski definition) is 3. The van der Waals surface area contributed by atoms with Crippen LogP contribution in [0.15, 0.2) is 77.0 Å². The van der Waals surface area contributed by atoms with Gasteiger partial charge < -0.3 is 5.11 Å². The molecule has 0 radical (unpaired) electrons. The zero-order valence-corrected chi connectivity index (χ0v) is 11.1. The minimum absolute atomic E-state index is 0.140. The van der Waals surface area contributed by atoms with Crippen LogP contribution in [-0.2, 0) is 0 Å². The molecule has 102 valence electrons. The average molecular weight is 276 g/mol. The molecule has 0 atom stereocenters. The molecule has 0 bridgehead atoms. The van der Waals surface area contributed by atoms with Crippen molar-refractivity contribution in [1.29, 1.82) is 0 Å². The van der Waals surface area contributed by atoms with Gasteiger partial charge in [-0.3, -0.25) is 0 Å². The fourth-order valence-corrected chi connectivity index (χ4v) is 2.14. The van der Waals surface area contributed by atoms with Crippen LogP contribution >= 0.6 is 0 Å². The second-order valence-corrected chi connectivity index (χ2v) is 4.52. The first-order valence-corrected chi connectivity index (χ1v) is 6.47. The van der Waals surface area contributed by atoms with Crippen molar-refractivity contribution in [2.45, 2.75) is 0 Å². The minimum Gasteiger partial charge on any atom is -0.478 e. The van der Waals surface area contributed by atoms with Crippen LogP contribution in [0.3, 0.4) is 0 Å². The van der Waals surface area contributed by atoms with Gasteiger partial charge in [0, 0.05) is 5.39 Å². The number of rotatable bonds is 3. The molecule has 0 saturated heterocycles. The van der Waals surface area contributed by atoms with Gasteiger partial charge >= 0.3 is 5.97 Å². The van der Waals surface area contributed by atoms with Gasteiger partial charge in [0.15, 0.2) is 0 Å². The number of fused-ring (bicyclic) bond motifs is 1. The molecule has 3 aromatic rings. The average Bonchev–Trinajstić information content (AvgIpc) is 2.53. The van der Waals surface area contributed by atoms with Crippen LogP contribution in [0.25, 0.3) is 10.8 Å². The van der Waals surface area contributed by atoms with Crippen molar-refractivity contribution >= 4 is 28.1 Å². The summed E-state index contributed by atoms with van der Waals surface area (Å²) in [5, 5.41) is 19.5. The van der Waals surface area contributed by atoms with Gasteiger partial charge in [0.1, 0.15) is 5.69 Å². The minimum atomic E-state index is -1.01. The molecule has 0 spiro atoms. The summed E-state index contributed by atoms with van der Waals surface area (Å²) in [5.41, 5.74) is 1.20. The lowest BCUT2D eigenvalue weighted by atomic mass is 10.1. The smallest absolute Gasteiger partial charge is 0.337 e. The molecule has 3 aromatic carbocycles. The number of benzene rings is 3. The van der Waals surface area contributed by atoms with E-state index in [4.69, 9.17) is 5.11 Å². The predicted octanol–water partition coefficient (Wildman–Crippen LogP) is 4.95. The van der Waals surface area contributed by atoms with Gasteiger partial charge in [-0.2, -0.15) is 0 Å². The van der Waals surface area contributed by atoms with E-state index in [1.807, 2.05) is 42.5 Å². The maximum Gasteiger partial charge on any atom is 0.337 e. The van der Waals surface area contributed by atoms with Crippen LogP contribution < -0.4 is 0 Å². The predicted molar refractivity (Wildman–Crippen MR) is 81.5 cm³/mol. The van der Waals surface area contributed by atoms with E-state index in [1.165, 1.54) is 6.07 Å². The SMILES string of the molecule is O=C(O)c1ccccc1N=Nc1cccc2ccccc12. The van der Waals surface area contributed by atoms with E-state index in [1.54, 1.807) is 18.2 Å². The lowest BCUT2D eigenvalue weighted by Gasteiger charge is -2.01. The number of azo groups is 1. The molecule has 21 heavy (non-hydrogen) atoms. The Bertz CT molecular complexity index is 836. The van der Waals surface area contributed by atoms with E-state index in [2.05, 4.69) is 10.2 Å². The second kappa shape index (κ2) is 5.54. The van der Waals surface area contributed by atoms with Crippen molar-refractivity contribution in [1.82, 2.24) is 0 Å². The molecule has 3 rings (SSSR count). The summed E-state index contributed by atoms with van der Waals surface area (Å²) in [4.78, 5) is 11.1. The summed E-state index contributed by atoms with van der Waals surface area (Å²) < 4.78 is 0. The van der Waals surface area contributed by atoms with E-state index in [-0.39, 0.29) is 5.56 Å². The molecule has 1 N–H and O–H groups in total. The number of hydrogen-bond donors (Lipinski definition) is 1. The number of nitrogens with zero attached hydrogens (tertiary/aromatic N) is 2. The van der Waals surface area contributed by atoms with Crippen molar-refractivity contribution < 1.29 is 9.90 Å². The number of carboxylic acid groups (broad SMARTS) is 1. The monoisotopic (exact) mass is 276 g/mol. The first kappa shape index (κ1) is 13.0. The van der Waals surface area contributed by atoms with Gasteiger partial charge in [0.2, 0.25) is 0 Å². The topological polar surface area (TPSA) is 62.0 Å². The molecule has 0 fully saturated rings. The van der Waals surface area contributed by atoms with Gasteiger partial charge in [-0.15, -0.1) is 10.2 Å². The molecule has 0 amide bonds. The summed E-state index contributed by atoms with van der Waals surface area (Å²) in [6.07, 6.45) is 0. The van der Waals surface area contributed by atoms with Gasteiger partial charge in [-0.1, -0.05) is 48.5 Å². The third-order valence-electron chi connectivity index (χ3n) is 3.17. The Morgan fingerprint density at radius 2 is 1.38 bits per heavy atom. The summed E-state index contributed by atoms with van der Waals surface area (Å²) in [6.45, 7) is 0. The van der Waals surface area contributed by atoms with Crippen LogP contribution in [0.2, 0.25) is 0 Å². The molecule has 0 aliphatic heterocycles. The fraction of sp³-hybridized carbons (Fsp3) is 0. The van der Waals surface area contributed by atoms with E-state index in [0.29, 0.717) is 11.4 Å². The lowest BCUT2D eigenvalue weighted by molar-refractivity contribution is 0.0698. The Hall–Kier alpha value is -3.01. The highest BCUT2D eigenvalue weighted by atomic mass is 16.4. The van der Waals surface area contributed by atoms with Gasteiger partial charge in [-0.25, -0.2) is 4.79 Å². The lowest BCUT2D eigenvalue weighted by Crippen LogP contribution is -1.95. The van der Waals surface area contributed by atoms with E-state index >= 15 is 0 Å². The number of aromatic carboxylic acids is 1. The Morgan fingerprint density at radius 3 is 2.24 bits per heavy atom. The third-order valence-corrected chi connectivity index (χ3v) is 3.17. The molecule has 0 aromatic heterocycles. The summed E-state index contributed by atoms with van der Waals surface area (Å²) in [5.74, 6) is -1.01. The Morgan fingerprint density at radius 1 is 0.762 bits per heavy atom. The largest absolute Gasteiger partial charge is 0.478 e. The van der Waals surface area contributed by atoms with Gasteiger partial charge in [0.05, 0.1) is 11.3 Å². The summed E-state index contributed by atoms with van der Waals surface area (Å²) in [7, 11) is 0. The highest BCUT2D eigenvalue weighted by Crippen LogP contribution is 2.28. The zero-order valence-electron chi connectivity index (χ0n) is 11.1. The van der Waals surface area contributed by atoms with Crippen molar-refractivity contribution in [2.75, 3.05) is 0 Å². The quantitative estimate of drug-likeness (QED) is 0.688. The summed E-state index contributed by atoms with van der Waals surface area (Å²) in [6, 6.07) is 20.2. The van der Waals surface area contributed by atoms with Crippen LogP contribution in [0.4, 0.5) is 11.4 Å². The number of carbonyl (C=O) groups is 1. The molecule has 4 heteroatoms. The van der Waals surface area contributed by atoms with Crippen LogP contribution in [-0.4, -0.2) is 11.1 Å². The Kier molecular flexibility index (Phi) is 3.43. The molecule has 0 saturated carbocycles. The van der Waals surface area contributed by atoms with Crippen molar-refractivity contribution in [3.63, 3.8) is 0 Å². The fourth-order valence-electron chi connectivity index (χ4n) is 2.14.